The third kappa shape index (κ3) is 9.43. The highest BCUT2D eigenvalue weighted by Gasteiger charge is 2.12. The minimum atomic E-state index is -0.553. The summed E-state index contributed by atoms with van der Waals surface area (Å²) in [6, 6.07) is 0. The average molecular weight is 258 g/mol. The summed E-state index contributed by atoms with van der Waals surface area (Å²) in [4.78, 5) is 21.4. The van der Waals surface area contributed by atoms with Crippen LogP contribution in [0.4, 0.5) is 4.79 Å². The number of amides is 1. The molecule has 0 saturated carbocycles. The van der Waals surface area contributed by atoms with Crippen LogP contribution < -0.4 is 5.32 Å². The van der Waals surface area contributed by atoms with Crippen LogP contribution in [0.25, 0.3) is 0 Å². The number of carbonyl (C=O) groups excluding carboxylic acids is 1. The van der Waals surface area contributed by atoms with Crippen molar-refractivity contribution in [3.63, 3.8) is 0 Å². The monoisotopic (exact) mass is 258 g/mol. The Balaban J connectivity index is 0.000000419. The van der Waals surface area contributed by atoms with Crippen molar-refractivity contribution in [1.29, 1.82) is 0 Å². The topological polar surface area (TPSA) is 79.4 Å². The number of rotatable bonds is 3. The maximum Gasteiger partial charge on any atom is 0.433 e. The first-order valence-corrected chi connectivity index (χ1v) is 6.15. The molecule has 0 aliphatic rings. The molecule has 0 radical (unpaired) electrons. The number of imidazole rings is 1. The van der Waals surface area contributed by atoms with Gasteiger partial charge in [0.1, 0.15) is 0 Å². The van der Waals surface area contributed by atoms with Gasteiger partial charge in [0.05, 0.1) is 12.5 Å². The second-order valence-corrected chi connectivity index (χ2v) is 4.89. The maximum atomic E-state index is 10.5. The summed E-state index contributed by atoms with van der Waals surface area (Å²) in [6.45, 7) is 3.96. The quantitative estimate of drug-likeness (QED) is 0.493. The molecule has 1 amide bonds. The van der Waals surface area contributed by atoms with Crippen LogP contribution in [0.1, 0.15) is 13.8 Å². The molecule has 0 fully saturated rings. The van der Waals surface area contributed by atoms with Crippen molar-refractivity contribution in [2.45, 2.75) is 18.6 Å². The minimum absolute atomic E-state index is 0.103. The normalized spacial score (nSPS) is 10.6. The van der Waals surface area contributed by atoms with E-state index in [1.165, 1.54) is 7.05 Å². The van der Waals surface area contributed by atoms with E-state index in [2.05, 4.69) is 25.3 Å². The molecule has 1 aromatic heterocycles. The van der Waals surface area contributed by atoms with E-state index in [-0.39, 0.29) is 4.75 Å². The lowest BCUT2D eigenvalue weighted by Gasteiger charge is -2.13. The molecule has 0 aliphatic heterocycles. The van der Waals surface area contributed by atoms with Crippen molar-refractivity contribution in [2.24, 2.45) is 5.16 Å². The number of nitrogens with one attached hydrogen (secondary N) is 2. The van der Waals surface area contributed by atoms with Crippen LogP contribution in [-0.4, -0.2) is 40.3 Å². The molecule has 0 bridgehead atoms. The molecule has 17 heavy (non-hydrogen) atoms. The zero-order valence-electron chi connectivity index (χ0n) is 10.4. The van der Waals surface area contributed by atoms with Gasteiger partial charge in [0.2, 0.25) is 0 Å². The first-order chi connectivity index (χ1) is 8.02. The number of H-pyrrole nitrogens is 1. The van der Waals surface area contributed by atoms with Gasteiger partial charge in [-0.1, -0.05) is 5.16 Å². The molecule has 1 rings (SSSR count). The molecule has 0 atom stereocenters. The molecule has 96 valence electrons. The summed E-state index contributed by atoms with van der Waals surface area (Å²) in [5.41, 5.74) is 0. The van der Waals surface area contributed by atoms with Crippen LogP contribution in [0, 0.1) is 0 Å². The van der Waals surface area contributed by atoms with Crippen LogP contribution in [0.3, 0.4) is 0 Å². The highest BCUT2D eigenvalue weighted by atomic mass is 32.2. The number of aromatic nitrogens is 2. The predicted octanol–water partition coefficient (Wildman–Crippen LogP) is 1.88. The Morgan fingerprint density at radius 2 is 2.35 bits per heavy atom. The van der Waals surface area contributed by atoms with Crippen LogP contribution in [0.5, 0.6) is 0 Å². The first-order valence-electron chi connectivity index (χ1n) is 4.93. The third-order valence-electron chi connectivity index (χ3n) is 1.64. The predicted molar refractivity (Wildman–Crippen MR) is 70.2 cm³/mol. The second kappa shape index (κ2) is 8.63. The van der Waals surface area contributed by atoms with Crippen molar-refractivity contribution < 1.29 is 9.63 Å². The zero-order valence-corrected chi connectivity index (χ0v) is 11.2. The largest absolute Gasteiger partial charge is 0.433 e. The highest BCUT2D eigenvalue weighted by Crippen LogP contribution is 2.17. The molecule has 0 saturated heterocycles. The molecular formula is C10H18N4O2S. The summed E-state index contributed by atoms with van der Waals surface area (Å²) in [7, 11) is 1.48. The molecule has 0 aromatic carbocycles. The van der Waals surface area contributed by atoms with Crippen molar-refractivity contribution in [1.82, 2.24) is 15.3 Å². The number of hydrogen-bond acceptors (Lipinski definition) is 5. The zero-order chi connectivity index (χ0) is 13.1. The van der Waals surface area contributed by atoms with Gasteiger partial charge in [-0.25, -0.2) is 9.78 Å². The van der Waals surface area contributed by atoms with Gasteiger partial charge < -0.3 is 10.3 Å². The first kappa shape index (κ1) is 15.5. The lowest BCUT2D eigenvalue weighted by molar-refractivity contribution is 0.153. The van der Waals surface area contributed by atoms with Crippen LogP contribution in [0.15, 0.2) is 23.9 Å². The number of hydrogen-bond donors (Lipinski definition) is 2. The summed E-state index contributed by atoms with van der Waals surface area (Å²) in [6.07, 6.45) is 8.09. The standard InChI is InChI=1S/C7H14N2O2S.C3H4N2/c1-7(2,12-4)5-9-11-6(10)8-3;1-2-5-3-4-1/h5H,1-4H3,(H,8,10);1-3H,(H,4,5)/b9-5+;. The van der Waals surface area contributed by atoms with E-state index in [0.717, 1.165) is 0 Å². The number of thioether (sulfide) groups is 1. The molecule has 0 unspecified atom stereocenters. The van der Waals surface area contributed by atoms with E-state index in [4.69, 9.17) is 0 Å². The lowest BCUT2D eigenvalue weighted by Crippen LogP contribution is -2.19. The number of carbonyl (C=O) groups is 1. The Morgan fingerprint density at radius 3 is 2.71 bits per heavy atom. The van der Waals surface area contributed by atoms with E-state index in [1.807, 2.05) is 20.1 Å². The Kier molecular flexibility index (Phi) is 7.87. The Morgan fingerprint density at radius 1 is 1.65 bits per heavy atom. The van der Waals surface area contributed by atoms with Crippen molar-refractivity contribution in [2.75, 3.05) is 13.3 Å². The summed E-state index contributed by atoms with van der Waals surface area (Å²) in [5.74, 6) is 0. The van der Waals surface area contributed by atoms with Gasteiger partial charge >= 0.3 is 6.09 Å². The van der Waals surface area contributed by atoms with E-state index in [0.29, 0.717) is 0 Å². The molecule has 0 spiro atoms. The highest BCUT2D eigenvalue weighted by molar-refractivity contribution is 8.00. The molecule has 2 N–H and O–H groups in total. The molecule has 0 aliphatic carbocycles. The van der Waals surface area contributed by atoms with E-state index < -0.39 is 6.09 Å². The molecule has 1 aromatic rings. The maximum absolute atomic E-state index is 10.5. The average Bonchev–Trinajstić information content (AvgIpc) is 2.87. The van der Waals surface area contributed by atoms with Crippen molar-refractivity contribution >= 4 is 24.1 Å². The fourth-order valence-electron chi connectivity index (χ4n) is 0.515. The van der Waals surface area contributed by atoms with Crippen LogP contribution in [0.2, 0.25) is 0 Å². The van der Waals surface area contributed by atoms with E-state index in [1.54, 1.807) is 36.7 Å². The molecule has 7 heteroatoms. The molecule has 6 nitrogen and oxygen atoms in total. The number of aromatic amines is 1. The molecule has 1 heterocycles. The lowest BCUT2D eigenvalue weighted by atomic mass is 10.2. The second-order valence-electron chi connectivity index (χ2n) is 3.43. The molecular weight excluding hydrogens is 240 g/mol. The Bertz CT molecular complexity index is 308. The number of oxime groups is 1. The van der Waals surface area contributed by atoms with E-state index in [9.17, 15) is 4.79 Å². The van der Waals surface area contributed by atoms with Gasteiger partial charge in [0.15, 0.2) is 0 Å². The Hall–Kier alpha value is -1.50. The van der Waals surface area contributed by atoms with Gasteiger partial charge in [-0.2, -0.15) is 11.8 Å². The van der Waals surface area contributed by atoms with Crippen molar-refractivity contribution in [3.8, 4) is 0 Å². The third-order valence-corrected chi connectivity index (χ3v) is 2.79. The fraction of sp³-hybridized carbons (Fsp3) is 0.500. The van der Waals surface area contributed by atoms with Gasteiger partial charge in [-0.05, 0) is 20.1 Å². The number of nitrogens with zero attached hydrogens (tertiary/aromatic N) is 2. The van der Waals surface area contributed by atoms with Crippen molar-refractivity contribution in [3.05, 3.63) is 18.7 Å². The van der Waals surface area contributed by atoms with E-state index >= 15 is 0 Å². The van der Waals surface area contributed by atoms with Gasteiger partial charge in [0.25, 0.3) is 0 Å². The summed E-state index contributed by atoms with van der Waals surface area (Å²) in [5, 5.41) is 5.81. The van der Waals surface area contributed by atoms with Crippen LogP contribution >= 0.6 is 11.8 Å². The SMILES string of the molecule is CNC(=O)O/N=C/C(C)(C)SC.c1c[nH]cn1. The smallest absolute Gasteiger partial charge is 0.351 e. The Labute approximate surface area is 105 Å². The van der Waals surface area contributed by atoms with Gasteiger partial charge in [-0.3, -0.25) is 4.84 Å². The summed E-state index contributed by atoms with van der Waals surface area (Å²) >= 11 is 1.63. The minimum Gasteiger partial charge on any atom is -0.351 e. The summed E-state index contributed by atoms with van der Waals surface area (Å²) < 4.78 is -0.103. The fourth-order valence-corrected chi connectivity index (χ4v) is 0.663. The van der Waals surface area contributed by atoms with Gasteiger partial charge in [0, 0.05) is 24.2 Å². The van der Waals surface area contributed by atoms with Gasteiger partial charge in [-0.15, -0.1) is 0 Å². The van der Waals surface area contributed by atoms with Crippen LogP contribution in [-0.2, 0) is 4.84 Å².